The number of hydrogen-bond donors (Lipinski definition) is 1. The summed E-state index contributed by atoms with van der Waals surface area (Å²) in [4.78, 5) is 29.7. The van der Waals surface area contributed by atoms with Crippen LogP contribution in [0.25, 0.3) is 21.3 Å². The van der Waals surface area contributed by atoms with Crippen molar-refractivity contribution in [1.29, 1.82) is 0 Å². The van der Waals surface area contributed by atoms with Gasteiger partial charge < -0.3 is 19.7 Å². The van der Waals surface area contributed by atoms with Gasteiger partial charge in [0.05, 0.1) is 22.5 Å². The van der Waals surface area contributed by atoms with Crippen LogP contribution in [0.5, 0.6) is 0 Å². The number of benzene rings is 1. The van der Waals surface area contributed by atoms with Crippen LogP contribution in [0, 0.1) is 6.92 Å². The van der Waals surface area contributed by atoms with Gasteiger partial charge in [0.2, 0.25) is 0 Å². The Hall–Kier alpha value is -3.07. The molecule has 1 atom stereocenters. The Morgan fingerprint density at radius 1 is 1.14 bits per heavy atom. The van der Waals surface area contributed by atoms with Gasteiger partial charge in [-0.3, -0.25) is 4.79 Å². The molecule has 0 saturated carbocycles. The minimum Gasteiger partial charge on any atom is -0.362 e. The van der Waals surface area contributed by atoms with Crippen molar-refractivity contribution in [2.24, 2.45) is 0 Å². The fourth-order valence-electron chi connectivity index (χ4n) is 5.96. The molecular formula is C29H34N6OS. The molecule has 5 heterocycles. The molecule has 6 rings (SSSR count). The molecule has 1 aromatic carbocycles. The van der Waals surface area contributed by atoms with Crippen LogP contribution < -0.4 is 10.9 Å². The number of rotatable bonds is 7. The van der Waals surface area contributed by atoms with E-state index >= 15 is 0 Å². The molecule has 4 aromatic rings. The number of piperidine rings is 1. The number of aryl methyl sites for hydroxylation is 1. The summed E-state index contributed by atoms with van der Waals surface area (Å²) in [6.45, 7) is 8.05. The second kappa shape index (κ2) is 9.35. The number of hydrogen-bond acceptors (Lipinski definition) is 7. The van der Waals surface area contributed by atoms with Crippen LogP contribution in [0.15, 0.2) is 53.5 Å². The van der Waals surface area contributed by atoms with E-state index < -0.39 is 0 Å². The molecule has 2 bridgehead atoms. The number of pyridine rings is 1. The van der Waals surface area contributed by atoms with E-state index in [1.807, 2.05) is 29.0 Å². The fraction of sp³-hybridized carbons (Fsp3) is 0.414. The molecule has 7 nitrogen and oxygen atoms in total. The lowest BCUT2D eigenvalue weighted by Crippen LogP contribution is -2.40. The molecule has 0 spiro atoms. The van der Waals surface area contributed by atoms with Crippen LogP contribution >= 0.6 is 11.3 Å². The highest BCUT2D eigenvalue weighted by Gasteiger charge is 2.45. The summed E-state index contributed by atoms with van der Waals surface area (Å²) in [5.41, 5.74) is 3.26. The van der Waals surface area contributed by atoms with Crippen molar-refractivity contribution in [3.8, 4) is 10.4 Å². The highest BCUT2D eigenvalue weighted by molar-refractivity contribution is 7.15. The van der Waals surface area contributed by atoms with Gasteiger partial charge in [-0.05, 0) is 64.0 Å². The van der Waals surface area contributed by atoms with E-state index in [-0.39, 0.29) is 17.1 Å². The standard InChI is InChI=1S/C29H34N6OS/c1-19(25-9-10-26(37-25)22-8-6-5-7-21(22)16-33(3)4)30-28-23-17-35(29-11-13-34(18-29)14-12-29)27(36)15-24(23)31-20(2)32-28/h5-10,15,17,19H,11-14,16,18H2,1-4H3,(H,30,31,32). The number of aromatic nitrogens is 3. The van der Waals surface area contributed by atoms with E-state index in [4.69, 9.17) is 4.98 Å². The number of nitrogens with zero attached hydrogens (tertiary/aromatic N) is 5. The molecule has 192 valence electrons. The topological polar surface area (TPSA) is 66.3 Å². The Morgan fingerprint density at radius 2 is 1.92 bits per heavy atom. The lowest BCUT2D eigenvalue weighted by atomic mass is 9.94. The van der Waals surface area contributed by atoms with E-state index in [0.717, 1.165) is 50.2 Å². The Morgan fingerprint density at radius 3 is 2.65 bits per heavy atom. The highest BCUT2D eigenvalue weighted by Crippen LogP contribution is 2.39. The predicted molar refractivity (Wildman–Crippen MR) is 151 cm³/mol. The van der Waals surface area contributed by atoms with E-state index in [2.05, 4.69) is 77.5 Å². The summed E-state index contributed by atoms with van der Waals surface area (Å²) in [5, 5.41) is 4.56. The maximum Gasteiger partial charge on any atom is 0.253 e. The van der Waals surface area contributed by atoms with Gasteiger partial charge in [-0.25, -0.2) is 9.97 Å². The third-order valence-electron chi connectivity index (χ3n) is 7.83. The second-order valence-corrected chi connectivity index (χ2v) is 12.0. The molecule has 0 radical (unpaired) electrons. The molecular weight excluding hydrogens is 480 g/mol. The Labute approximate surface area is 221 Å². The molecule has 1 N–H and O–H groups in total. The van der Waals surface area contributed by atoms with Crippen molar-refractivity contribution in [2.45, 2.75) is 44.8 Å². The number of anilines is 1. The third kappa shape index (κ3) is 4.47. The molecule has 2 aliphatic rings. The zero-order valence-corrected chi connectivity index (χ0v) is 22.8. The molecule has 1 unspecified atom stereocenters. The van der Waals surface area contributed by atoms with Crippen LogP contribution in [-0.4, -0.2) is 58.1 Å². The van der Waals surface area contributed by atoms with Gasteiger partial charge in [0.25, 0.3) is 5.56 Å². The summed E-state index contributed by atoms with van der Waals surface area (Å²) in [7, 11) is 4.20. The van der Waals surface area contributed by atoms with Gasteiger partial charge in [0.1, 0.15) is 11.6 Å². The predicted octanol–water partition coefficient (Wildman–Crippen LogP) is 4.87. The summed E-state index contributed by atoms with van der Waals surface area (Å²) < 4.78 is 1.97. The van der Waals surface area contributed by atoms with Crippen molar-refractivity contribution in [2.75, 3.05) is 39.0 Å². The summed E-state index contributed by atoms with van der Waals surface area (Å²) in [6.07, 6.45) is 4.06. The van der Waals surface area contributed by atoms with E-state index in [1.165, 1.54) is 20.9 Å². The average Bonchev–Trinajstić information content (AvgIpc) is 3.60. The zero-order valence-electron chi connectivity index (χ0n) is 22.0. The van der Waals surface area contributed by atoms with E-state index in [1.54, 1.807) is 6.07 Å². The van der Waals surface area contributed by atoms with Crippen molar-refractivity contribution in [3.63, 3.8) is 0 Å². The molecule has 2 aliphatic heterocycles. The molecule has 2 saturated heterocycles. The van der Waals surface area contributed by atoms with Gasteiger partial charge >= 0.3 is 0 Å². The maximum absolute atomic E-state index is 13.2. The Kier molecular flexibility index (Phi) is 6.13. The van der Waals surface area contributed by atoms with Gasteiger partial charge in [-0.2, -0.15) is 0 Å². The maximum atomic E-state index is 13.2. The summed E-state index contributed by atoms with van der Waals surface area (Å²) >= 11 is 1.81. The van der Waals surface area contributed by atoms with Crippen LogP contribution in [-0.2, 0) is 12.1 Å². The Balaban J connectivity index is 1.33. The number of thiophene rings is 1. The van der Waals surface area contributed by atoms with E-state index in [9.17, 15) is 4.79 Å². The number of nitrogens with one attached hydrogen (secondary N) is 1. The first-order valence-corrected chi connectivity index (χ1v) is 13.9. The van der Waals surface area contributed by atoms with Gasteiger partial charge in [-0.15, -0.1) is 11.3 Å². The molecule has 8 heteroatoms. The van der Waals surface area contributed by atoms with Crippen molar-refractivity contribution in [3.05, 3.63) is 75.3 Å². The first-order valence-electron chi connectivity index (χ1n) is 13.0. The average molecular weight is 515 g/mol. The Bertz CT molecular complexity index is 1510. The van der Waals surface area contributed by atoms with Gasteiger partial charge in [0.15, 0.2) is 0 Å². The molecule has 37 heavy (non-hydrogen) atoms. The zero-order chi connectivity index (χ0) is 25.7. The SMILES string of the molecule is Cc1nc(NC(C)c2ccc(-c3ccccc3CN(C)C)s2)c2cn(C34CCN(CC3)C4)c(=O)cc2n1. The summed E-state index contributed by atoms with van der Waals surface area (Å²) in [6, 6.07) is 14.8. The summed E-state index contributed by atoms with van der Waals surface area (Å²) in [5.74, 6) is 1.45. The molecule has 0 amide bonds. The largest absolute Gasteiger partial charge is 0.362 e. The van der Waals surface area contributed by atoms with Crippen LogP contribution in [0.3, 0.4) is 0 Å². The van der Waals surface area contributed by atoms with Crippen molar-refractivity contribution in [1.82, 2.24) is 24.3 Å². The quantitative estimate of drug-likeness (QED) is 0.380. The van der Waals surface area contributed by atoms with Crippen LogP contribution in [0.1, 0.15) is 42.1 Å². The van der Waals surface area contributed by atoms with Crippen LogP contribution in [0.2, 0.25) is 0 Å². The molecule has 2 fully saturated rings. The molecule has 3 aromatic heterocycles. The monoisotopic (exact) mass is 514 g/mol. The third-order valence-corrected chi connectivity index (χ3v) is 9.14. The first kappa shape index (κ1) is 24.3. The van der Waals surface area contributed by atoms with Gasteiger partial charge in [-0.1, -0.05) is 24.3 Å². The van der Waals surface area contributed by atoms with Gasteiger partial charge in [0, 0.05) is 48.2 Å². The van der Waals surface area contributed by atoms with Crippen molar-refractivity contribution >= 4 is 28.1 Å². The first-order chi connectivity index (χ1) is 17.8. The molecule has 0 aliphatic carbocycles. The highest BCUT2D eigenvalue weighted by atomic mass is 32.1. The normalized spacial score (nSPS) is 21.7. The smallest absolute Gasteiger partial charge is 0.253 e. The minimum atomic E-state index is -0.0956. The number of fused-ring (bicyclic) bond motifs is 3. The lowest BCUT2D eigenvalue weighted by molar-refractivity contribution is 0.308. The lowest BCUT2D eigenvalue weighted by Gasteiger charge is -2.28. The van der Waals surface area contributed by atoms with Crippen molar-refractivity contribution < 1.29 is 0 Å². The van der Waals surface area contributed by atoms with E-state index in [0.29, 0.717) is 11.3 Å². The fourth-order valence-corrected chi connectivity index (χ4v) is 7.04. The minimum absolute atomic E-state index is 0.0348. The van der Waals surface area contributed by atoms with Crippen LogP contribution in [0.4, 0.5) is 5.82 Å². The second-order valence-electron chi connectivity index (χ2n) is 10.9.